The number of thioether (sulfide) groups is 1. The Morgan fingerprint density at radius 2 is 2.08 bits per heavy atom. The topological polar surface area (TPSA) is 69.5 Å². The Morgan fingerprint density at radius 1 is 1.31 bits per heavy atom. The molecule has 138 valence electrons. The maximum Gasteiger partial charge on any atom is 0.322 e. The number of amidine groups is 1. The van der Waals surface area contributed by atoms with Crippen molar-refractivity contribution < 1.29 is 9.53 Å². The summed E-state index contributed by atoms with van der Waals surface area (Å²) in [6.07, 6.45) is 5.30. The van der Waals surface area contributed by atoms with Crippen LogP contribution in [-0.2, 0) is 0 Å². The molecule has 26 heavy (non-hydrogen) atoms. The largest absolute Gasteiger partial charge is 0.496 e. The number of allylic oxidation sites excluding steroid dienone is 1. The number of nitrogens with zero attached hydrogens (tertiary/aromatic N) is 4. The van der Waals surface area contributed by atoms with Crippen molar-refractivity contribution in [1.82, 2.24) is 15.2 Å². The van der Waals surface area contributed by atoms with Crippen LogP contribution in [0.15, 0.2) is 40.4 Å². The zero-order valence-electron chi connectivity index (χ0n) is 15.1. The van der Waals surface area contributed by atoms with Crippen molar-refractivity contribution in [3.63, 3.8) is 0 Å². The number of hydrogen-bond donors (Lipinski definition) is 1. The molecule has 0 aromatic heterocycles. The number of nitrogens with one attached hydrogen (secondary N) is 1. The van der Waals surface area contributed by atoms with E-state index in [1.165, 1.54) is 0 Å². The van der Waals surface area contributed by atoms with Crippen molar-refractivity contribution in [2.45, 2.75) is 25.4 Å². The lowest BCUT2D eigenvalue weighted by molar-refractivity contribution is 0.190. The smallest absolute Gasteiger partial charge is 0.322 e. The summed E-state index contributed by atoms with van der Waals surface area (Å²) < 4.78 is 5.31. The van der Waals surface area contributed by atoms with Crippen LogP contribution in [-0.4, -0.2) is 59.0 Å². The first-order chi connectivity index (χ1) is 12.7. The number of amides is 2. The number of carbonyl (C=O) groups excluding carboxylic acids is 1. The normalized spacial score (nSPS) is 22.4. The van der Waals surface area contributed by atoms with E-state index in [4.69, 9.17) is 4.74 Å². The van der Waals surface area contributed by atoms with Crippen LogP contribution in [0.1, 0.15) is 19.4 Å². The third-order valence-electron chi connectivity index (χ3n) is 4.27. The highest BCUT2D eigenvalue weighted by molar-refractivity contribution is 8.14. The van der Waals surface area contributed by atoms with E-state index in [0.717, 1.165) is 16.5 Å². The van der Waals surface area contributed by atoms with Gasteiger partial charge in [-0.2, -0.15) is 5.10 Å². The minimum Gasteiger partial charge on any atom is -0.496 e. The fourth-order valence-corrected chi connectivity index (χ4v) is 4.20. The monoisotopic (exact) mass is 373 g/mol. The molecule has 2 aliphatic rings. The highest BCUT2D eigenvalue weighted by Gasteiger charge is 2.48. The minimum atomic E-state index is -0.140. The van der Waals surface area contributed by atoms with Gasteiger partial charge in [0.1, 0.15) is 11.1 Å². The van der Waals surface area contributed by atoms with Gasteiger partial charge in [0.15, 0.2) is 11.3 Å². The molecule has 2 amide bonds. The molecule has 2 aliphatic heterocycles. The molecule has 0 bridgehead atoms. The number of hydrogen-bond acceptors (Lipinski definition) is 6. The van der Waals surface area contributed by atoms with Gasteiger partial charge in [0.2, 0.25) is 0 Å². The number of rotatable bonds is 6. The first kappa shape index (κ1) is 18.3. The van der Waals surface area contributed by atoms with Gasteiger partial charge in [-0.3, -0.25) is 10.3 Å². The Kier molecular flexibility index (Phi) is 5.82. The van der Waals surface area contributed by atoms with Gasteiger partial charge in [-0.25, -0.2) is 9.79 Å². The van der Waals surface area contributed by atoms with Gasteiger partial charge < -0.3 is 9.64 Å². The van der Waals surface area contributed by atoms with E-state index in [0.29, 0.717) is 13.1 Å². The number of hydrazone groups is 1. The summed E-state index contributed by atoms with van der Waals surface area (Å²) in [6, 6.07) is 7.84. The Labute approximate surface area is 157 Å². The van der Waals surface area contributed by atoms with Gasteiger partial charge in [-0.1, -0.05) is 30.0 Å². The molecule has 0 radical (unpaired) electrons. The van der Waals surface area contributed by atoms with Crippen molar-refractivity contribution in [2.24, 2.45) is 10.1 Å². The molecule has 2 unspecified atom stereocenters. The zero-order valence-corrected chi connectivity index (χ0v) is 15.9. The number of ether oxygens (including phenoxy) is 1. The van der Waals surface area contributed by atoms with Crippen molar-refractivity contribution in [2.75, 3.05) is 20.2 Å². The molecule has 1 fully saturated rings. The summed E-state index contributed by atoms with van der Waals surface area (Å²) in [4.78, 5) is 20.5. The summed E-state index contributed by atoms with van der Waals surface area (Å²) in [7, 11) is 1.65. The quantitative estimate of drug-likeness (QED) is 0.615. The molecular weight excluding hydrogens is 350 g/mol. The molecule has 7 nitrogen and oxygen atoms in total. The van der Waals surface area contributed by atoms with Crippen molar-refractivity contribution >= 4 is 35.3 Å². The molecule has 0 aliphatic carbocycles. The second-order valence-electron chi connectivity index (χ2n) is 5.70. The number of benzene rings is 1. The molecule has 2 heterocycles. The predicted molar refractivity (Wildman–Crippen MR) is 106 cm³/mol. The fraction of sp³-hybridized carbons (Fsp3) is 0.389. The molecule has 0 spiro atoms. The second kappa shape index (κ2) is 8.27. The molecule has 1 saturated heterocycles. The maximum atomic E-state index is 12.3. The standard InChI is InChI=1S/C18H23N5O2S/c1-4-22-15-16(23(5-2)18(22)24)26-17(20-15)21-19-12-8-10-13-9-6-7-11-14(13)25-3/h6-12,15-16H,4-5H2,1-3H3,(H,20,21)/b10-8+,19-12+. The van der Waals surface area contributed by atoms with Gasteiger partial charge >= 0.3 is 6.03 Å². The van der Waals surface area contributed by atoms with Crippen LogP contribution in [0.2, 0.25) is 0 Å². The Morgan fingerprint density at radius 3 is 2.81 bits per heavy atom. The van der Waals surface area contributed by atoms with Crippen LogP contribution >= 0.6 is 11.8 Å². The van der Waals surface area contributed by atoms with Gasteiger partial charge in [0.05, 0.1) is 7.11 Å². The summed E-state index contributed by atoms with van der Waals surface area (Å²) in [6.45, 7) is 5.29. The highest BCUT2D eigenvalue weighted by Crippen LogP contribution is 2.36. The van der Waals surface area contributed by atoms with Crippen LogP contribution in [0, 0.1) is 0 Å². The summed E-state index contributed by atoms with van der Waals surface area (Å²) >= 11 is 1.54. The van der Waals surface area contributed by atoms with Crippen LogP contribution in [0.4, 0.5) is 4.79 Å². The van der Waals surface area contributed by atoms with E-state index in [1.807, 2.05) is 55.2 Å². The van der Waals surface area contributed by atoms with Crippen LogP contribution < -0.4 is 10.2 Å². The van der Waals surface area contributed by atoms with Gasteiger partial charge in [-0.15, -0.1) is 0 Å². The fourth-order valence-electron chi connectivity index (χ4n) is 3.00. The molecule has 2 atom stereocenters. The third kappa shape index (κ3) is 3.55. The molecular formula is C18H23N5O2S. The van der Waals surface area contributed by atoms with Crippen LogP contribution in [0.5, 0.6) is 5.75 Å². The molecule has 1 N–H and O–H groups in total. The van der Waals surface area contributed by atoms with Gasteiger partial charge in [0.25, 0.3) is 0 Å². The van der Waals surface area contributed by atoms with Gasteiger partial charge in [-0.05, 0) is 32.1 Å². The zero-order chi connectivity index (χ0) is 18.5. The number of carbonyl (C=O) groups is 1. The van der Waals surface area contributed by atoms with Gasteiger partial charge in [0, 0.05) is 24.9 Å². The van der Waals surface area contributed by atoms with Crippen LogP contribution in [0.25, 0.3) is 6.08 Å². The first-order valence-electron chi connectivity index (χ1n) is 8.60. The Hall–Kier alpha value is -2.48. The molecule has 1 aromatic carbocycles. The maximum absolute atomic E-state index is 12.3. The summed E-state index contributed by atoms with van der Waals surface area (Å²) in [5.41, 5.74) is 3.95. The SMILES string of the molecule is CCN1C(=O)N(CC)C2SC(N/N=C/C=C/c3ccccc3OC)=NC21. The number of fused-ring (bicyclic) bond motifs is 1. The average Bonchev–Trinajstić information content (AvgIpc) is 3.16. The van der Waals surface area contributed by atoms with Crippen molar-refractivity contribution in [3.05, 3.63) is 35.9 Å². The van der Waals surface area contributed by atoms with E-state index in [-0.39, 0.29) is 17.6 Å². The second-order valence-corrected chi connectivity index (χ2v) is 6.81. The number of urea groups is 1. The van der Waals surface area contributed by atoms with Crippen molar-refractivity contribution in [1.29, 1.82) is 0 Å². The van der Waals surface area contributed by atoms with Crippen LogP contribution in [0.3, 0.4) is 0 Å². The number of methoxy groups -OCH3 is 1. The highest BCUT2D eigenvalue weighted by atomic mass is 32.2. The Bertz CT molecular complexity index is 749. The van der Waals surface area contributed by atoms with Crippen molar-refractivity contribution in [3.8, 4) is 5.75 Å². The molecule has 0 saturated carbocycles. The van der Waals surface area contributed by atoms with E-state index >= 15 is 0 Å². The first-order valence-corrected chi connectivity index (χ1v) is 9.48. The van der Waals surface area contributed by atoms with E-state index in [1.54, 1.807) is 30.0 Å². The predicted octanol–water partition coefficient (Wildman–Crippen LogP) is 2.82. The summed E-state index contributed by atoms with van der Waals surface area (Å²) in [5.74, 6) is 0.817. The number of likely N-dealkylation sites (N-methyl/N-ethyl adjacent to an activating group) is 2. The molecule has 3 rings (SSSR count). The summed E-state index contributed by atoms with van der Waals surface area (Å²) in [5, 5.41) is 4.95. The van der Waals surface area contributed by atoms with E-state index < -0.39 is 0 Å². The number of aliphatic imine (C=N–C) groups is 1. The lowest BCUT2D eigenvalue weighted by Crippen LogP contribution is -2.35. The average molecular weight is 373 g/mol. The lowest BCUT2D eigenvalue weighted by atomic mass is 10.2. The minimum absolute atomic E-state index is 0.0225. The van der Waals surface area contributed by atoms with E-state index in [2.05, 4.69) is 15.5 Å². The third-order valence-corrected chi connectivity index (χ3v) is 5.43. The molecule has 8 heteroatoms. The van der Waals surface area contributed by atoms with E-state index in [9.17, 15) is 4.79 Å². The number of para-hydroxylation sites is 1. The molecule has 1 aromatic rings. The lowest BCUT2D eigenvalue weighted by Gasteiger charge is -2.18. The Balaban J connectivity index is 1.59.